The highest BCUT2D eigenvalue weighted by Crippen LogP contribution is 2.14. The van der Waals surface area contributed by atoms with E-state index in [1.807, 2.05) is 6.08 Å². The second-order valence-electron chi connectivity index (χ2n) is 3.16. The van der Waals surface area contributed by atoms with Crippen LogP contribution in [-0.4, -0.2) is 13.1 Å². The molecule has 70 valence electrons. The Kier molecular flexibility index (Phi) is 3.56. The van der Waals surface area contributed by atoms with Crippen molar-refractivity contribution in [3.63, 3.8) is 0 Å². The minimum atomic E-state index is 0.916. The number of anilines is 1. The van der Waals surface area contributed by atoms with Crippen molar-refractivity contribution in [2.24, 2.45) is 0 Å². The van der Waals surface area contributed by atoms with Gasteiger partial charge in [-0.2, -0.15) is 0 Å². The molecule has 0 aliphatic heterocycles. The molecule has 0 radical (unpaired) electrons. The zero-order valence-electron chi connectivity index (χ0n) is 8.46. The number of nitrogens with zero attached hydrogens (tertiary/aromatic N) is 1. The molecule has 0 heterocycles. The van der Waals surface area contributed by atoms with E-state index in [1.165, 1.54) is 11.3 Å². The molecular weight excluding hydrogens is 158 g/mol. The second kappa shape index (κ2) is 4.70. The van der Waals surface area contributed by atoms with Gasteiger partial charge in [0.2, 0.25) is 0 Å². The first-order chi connectivity index (χ1) is 6.27. The first kappa shape index (κ1) is 9.85. The highest BCUT2D eigenvalue weighted by atomic mass is 15.1. The average molecular weight is 175 g/mol. The Morgan fingerprint density at radius 3 is 2.38 bits per heavy atom. The van der Waals surface area contributed by atoms with E-state index in [-0.39, 0.29) is 0 Å². The largest absolute Gasteiger partial charge is 0.368 e. The summed E-state index contributed by atoms with van der Waals surface area (Å²) in [5.41, 5.74) is 2.58. The van der Waals surface area contributed by atoms with E-state index in [0.717, 1.165) is 13.1 Å². The maximum Gasteiger partial charge on any atom is 0.0369 e. The monoisotopic (exact) mass is 175 g/mol. The van der Waals surface area contributed by atoms with E-state index in [2.05, 4.69) is 49.6 Å². The zero-order chi connectivity index (χ0) is 9.68. The first-order valence-electron chi connectivity index (χ1n) is 4.70. The van der Waals surface area contributed by atoms with Gasteiger partial charge in [0.1, 0.15) is 0 Å². The normalized spacial score (nSPS) is 9.69. The maximum atomic E-state index is 3.75. The summed E-state index contributed by atoms with van der Waals surface area (Å²) in [5, 5.41) is 0. The van der Waals surface area contributed by atoms with Gasteiger partial charge in [-0.1, -0.05) is 23.8 Å². The summed E-state index contributed by atoms with van der Waals surface area (Å²) in [6.45, 7) is 9.95. The Bertz CT molecular complexity index is 261. The zero-order valence-corrected chi connectivity index (χ0v) is 8.46. The van der Waals surface area contributed by atoms with Gasteiger partial charge in [0.05, 0.1) is 0 Å². The molecule has 1 rings (SSSR count). The van der Waals surface area contributed by atoms with Crippen molar-refractivity contribution >= 4 is 5.69 Å². The molecule has 0 unspecified atom stereocenters. The third-order valence-corrected chi connectivity index (χ3v) is 2.13. The van der Waals surface area contributed by atoms with E-state index in [9.17, 15) is 0 Å². The van der Waals surface area contributed by atoms with Crippen LogP contribution in [0.15, 0.2) is 36.9 Å². The van der Waals surface area contributed by atoms with Crippen LogP contribution in [0.25, 0.3) is 0 Å². The van der Waals surface area contributed by atoms with Crippen molar-refractivity contribution in [2.75, 3.05) is 18.0 Å². The summed E-state index contributed by atoms with van der Waals surface area (Å²) in [5.74, 6) is 0. The summed E-state index contributed by atoms with van der Waals surface area (Å²) < 4.78 is 0. The van der Waals surface area contributed by atoms with Gasteiger partial charge in [-0.05, 0) is 26.0 Å². The Morgan fingerprint density at radius 2 is 1.92 bits per heavy atom. The van der Waals surface area contributed by atoms with Crippen molar-refractivity contribution in [1.29, 1.82) is 0 Å². The average Bonchev–Trinajstić information content (AvgIpc) is 2.16. The van der Waals surface area contributed by atoms with Gasteiger partial charge in [-0.25, -0.2) is 0 Å². The van der Waals surface area contributed by atoms with Crippen molar-refractivity contribution < 1.29 is 0 Å². The number of benzene rings is 1. The van der Waals surface area contributed by atoms with Crippen molar-refractivity contribution in [2.45, 2.75) is 13.8 Å². The maximum absolute atomic E-state index is 3.75. The molecule has 0 atom stereocenters. The number of aryl methyl sites for hydroxylation is 1. The van der Waals surface area contributed by atoms with Crippen LogP contribution in [0.4, 0.5) is 5.69 Å². The van der Waals surface area contributed by atoms with E-state index in [0.29, 0.717) is 0 Å². The number of likely N-dealkylation sites (N-methyl/N-ethyl adjacent to an activating group) is 1. The van der Waals surface area contributed by atoms with Crippen LogP contribution >= 0.6 is 0 Å². The molecule has 1 nitrogen and oxygen atoms in total. The smallest absolute Gasteiger partial charge is 0.0369 e. The van der Waals surface area contributed by atoms with Crippen LogP contribution in [-0.2, 0) is 0 Å². The quantitative estimate of drug-likeness (QED) is 0.636. The van der Waals surface area contributed by atoms with Crippen LogP contribution in [0.2, 0.25) is 0 Å². The predicted octanol–water partition coefficient (Wildman–Crippen LogP) is 3.01. The lowest BCUT2D eigenvalue weighted by atomic mass is 10.2. The van der Waals surface area contributed by atoms with Crippen molar-refractivity contribution in [1.82, 2.24) is 0 Å². The molecule has 0 fully saturated rings. The molecule has 1 aromatic rings. The van der Waals surface area contributed by atoms with Gasteiger partial charge >= 0.3 is 0 Å². The SMILES string of the molecule is C=CCN(CC)c1ccc(C)cc1. The standard InChI is InChI=1S/C12H17N/c1-4-10-13(5-2)12-8-6-11(3)7-9-12/h4,6-9H,1,5,10H2,2-3H3. The van der Waals surface area contributed by atoms with Crippen LogP contribution in [0, 0.1) is 6.92 Å². The molecule has 0 spiro atoms. The van der Waals surface area contributed by atoms with Crippen molar-refractivity contribution in [3.8, 4) is 0 Å². The third-order valence-electron chi connectivity index (χ3n) is 2.13. The summed E-state index contributed by atoms with van der Waals surface area (Å²) in [4.78, 5) is 2.28. The van der Waals surface area contributed by atoms with Gasteiger partial charge in [0.15, 0.2) is 0 Å². The summed E-state index contributed by atoms with van der Waals surface area (Å²) in [6, 6.07) is 8.59. The summed E-state index contributed by atoms with van der Waals surface area (Å²) in [6.07, 6.45) is 1.93. The molecule has 0 aliphatic carbocycles. The van der Waals surface area contributed by atoms with Gasteiger partial charge in [-0.3, -0.25) is 0 Å². The lowest BCUT2D eigenvalue weighted by Gasteiger charge is -2.21. The lowest BCUT2D eigenvalue weighted by molar-refractivity contribution is 0.906. The van der Waals surface area contributed by atoms with Gasteiger partial charge in [0.25, 0.3) is 0 Å². The number of hydrogen-bond donors (Lipinski definition) is 0. The molecular formula is C12H17N. The van der Waals surface area contributed by atoms with Crippen molar-refractivity contribution in [3.05, 3.63) is 42.5 Å². The summed E-state index contributed by atoms with van der Waals surface area (Å²) >= 11 is 0. The fraction of sp³-hybridized carbons (Fsp3) is 0.333. The molecule has 0 amide bonds. The van der Waals surface area contributed by atoms with E-state index in [4.69, 9.17) is 0 Å². The molecule has 13 heavy (non-hydrogen) atoms. The highest BCUT2D eigenvalue weighted by Gasteiger charge is 1.99. The fourth-order valence-electron chi connectivity index (χ4n) is 1.33. The van der Waals surface area contributed by atoms with Gasteiger partial charge in [0, 0.05) is 18.8 Å². The van der Waals surface area contributed by atoms with Crippen LogP contribution in [0.3, 0.4) is 0 Å². The van der Waals surface area contributed by atoms with Crippen LogP contribution in [0.1, 0.15) is 12.5 Å². The minimum absolute atomic E-state index is 0.916. The van der Waals surface area contributed by atoms with Crippen LogP contribution in [0.5, 0.6) is 0 Å². The van der Waals surface area contributed by atoms with Gasteiger partial charge < -0.3 is 4.90 Å². The van der Waals surface area contributed by atoms with E-state index >= 15 is 0 Å². The van der Waals surface area contributed by atoms with Gasteiger partial charge in [-0.15, -0.1) is 6.58 Å². The molecule has 0 bridgehead atoms. The van der Waals surface area contributed by atoms with Crippen LogP contribution < -0.4 is 4.90 Å². The minimum Gasteiger partial charge on any atom is -0.368 e. The third kappa shape index (κ3) is 2.62. The molecule has 0 aliphatic rings. The van der Waals surface area contributed by atoms with E-state index in [1.54, 1.807) is 0 Å². The summed E-state index contributed by atoms with van der Waals surface area (Å²) in [7, 11) is 0. The Balaban J connectivity index is 2.78. The number of hydrogen-bond acceptors (Lipinski definition) is 1. The molecule has 1 aromatic carbocycles. The molecule has 0 aromatic heterocycles. The number of rotatable bonds is 4. The topological polar surface area (TPSA) is 3.24 Å². The fourth-order valence-corrected chi connectivity index (χ4v) is 1.33. The molecule has 0 saturated carbocycles. The molecule has 1 heteroatoms. The Hall–Kier alpha value is -1.24. The highest BCUT2D eigenvalue weighted by molar-refractivity contribution is 5.47. The van der Waals surface area contributed by atoms with E-state index < -0.39 is 0 Å². The molecule has 0 saturated heterocycles. The molecule has 0 N–H and O–H groups in total. The Morgan fingerprint density at radius 1 is 1.31 bits per heavy atom. The Labute approximate surface area is 80.7 Å². The first-order valence-corrected chi connectivity index (χ1v) is 4.70. The lowest BCUT2D eigenvalue weighted by Crippen LogP contribution is -2.22. The second-order valence-corrected chi connectivity index (χ2v) is 3.16. The predicted molar refractivity (Wildman–Crippen MR) is 59.3 cm³/mol.